The van der Waals surface area contributed by atoms with Gasteiger partial charge in [-0.1, -0.05) is 54.6 Å². The van der Waals surface area contributed by atoms with Crippen LogP contribution in [0, 0.1) is 6.92 Å². The molecule has 1 heterocycles. The number of aliphatic hydroxyl groups is 1. The lowest BCUT2D eigenvalue weighted by Crippen LogP contribution is -2.30. The van der Waals surface area contributed by atoms with Crippen LogP contribution in [0.1, 0.15) is 22.7 Å². The second-order valence-electron chi connectivity index (χ2n) is 7.44. The zero-order chi connectivity index (χ0) is 22.8. The minimum Gasteiger partial charge on any atom is -0.507 e. The highest BCUT2D eigenvalue weighted by molar-refractivity contribution is 6.51. The molecule has 32 heavy (non-hydrogen) atoms. The van der Waals surface area contributed by atoms with Gasteiger partial charge in [0.2, 0.25) is 0 Å². The van der Waals surface area contributed by atoms with E-state index in [4.69, 9.17) is 9.47 Å². The molecule has 3 aromatic rings. The number of methoxy groups -OCH3 is 2. The highest BCUT2D eigenvalue weighted by atomic mass is 16.5. The van der Waals surface area contributed by atoms with Crippen LogP contribution in [0.3, 0.4) is 0 Å². The molecule has 0 aliphatic carbocycles. The number of ether oxygens (including phenoxy) is 2. The summed E-state index contributed by atoms with van der Waals surface area (Å²) in [5.41, 5.74) is 2.53. The molecule has 1 amide bonds. The van der Waals surface area contributed by atoms with E-state index in [2.05, 4.69) is 0 Å². The summed E-state index contributed by atoms with van der Waals surface area (Å²) in [4.78, 5) is 27.9. The van der Waals surface area contributed by atoms with Gasteiger partial charge in [-0.25, -0.2) is 0 Å². The predicted molar refractivity (Wildman–Crippen MR) is 122 cm³/mol. The van der Waals surface area contributed by atoms with Gasteiger partial charge in [-0.2, -0.15) is 0 Å². The van der Waals surface area contributed by atoms with Crippen molar-refractivity contribution in [1.29, 1.82) is 0 Å². The van der Waals surface area contributed by atoms with Crippen molar-refractivity contribution in [2.45, 2.75) is 13.0 Å². The maximum atomic E-state index is 13.2. The van der Waals surface area contributed by atoms with Gasteiger partial charge >= 0.3 is 0 Å². The number of hydrogen-bond acceptors (Lipinski definition) is 5. The third kappa shape index (κ3) is 3.50. The predicted octanol–water partition coefficient (Wildman–Crippen LogP) is 4.64. The number of carbonyl (C=O) groups excluding carboxylic acids is 2. The maximum Gasteiger partial charge on any atom is 0.300 e. The van der Waals surface area contributed by atoms with E-state index in [1.165, 1.54) is 19.1 Å². The fraction of sp³-hybridized carbons (Fsp3) is 0.154. The molecule has 3 aromatic carbocycles. The summed E-state index contributed by atoms with van der Waals surface area (Å²) in [6.45, 7) is 1.87. The Balaban J connectivity index is 1.99. The lowest BCUT2D eigenvalue weighted by molar-refractivity contribution is -0.132. The Morgan fingerprint density at radius 2 is 1.53 bits per heavy atom. The smallest absolute Gasteiger partial charge is 0.300 e. The van der Waals surface area contributed by atoms with E-state index in [1.54, 1.807) is 48.5 Å². The molecule has 1 unspecified atom stereocenters. The lowest BCUT2D eigenvalue weighted by Gasteiger charge is -2.27. The number of ketones is 1. The van der Waals surface area contributed by atoms with E-state index in [1.807, 2.05) is 31.2 Å². The van der Waals surface area contributed by atoms with Gasteiger partial charge in [-0.3, -0.25) is 14.5 Å². The number of rotatable bonds is 5. The normalized spacial score (nSPS) is 17.5. The van der Waals surface area contributed by atoms with Crippen molar-refractivity contribution < 1.29 is 24.2 Å². The molecule has 0 spiro atoms. The first-order valence-corrected chi connectivity index (χ1v) is 10.1. The number of nitrogens with zero attached hydrogens (tertiary/aromatic N) is 1. The Labute approximate surface area is 186 Å². The molecule has 0 aromatic heterocycles. The van der Waals surface area contributed by atoms with Crippen molar-refractivity contribution >= 4 is 23.1 Å². The van der Waals surface area contributed by atoms with Crippen molar-refractivity contribution in [3.05, 3.63) is 95.1 Å². The Morgan fingerprint density at radius 3 is 2.19 bits per heavy atom. The van der Waals surface area contributed by atoms with E-state index in [0.717, 1.165) is 5.56 Å². The number of aliphatic hydroxyl groups excluding tert-OH is 1. The minimum atomic E-state index is -0.837. The minimum absolute atomic E-state index is 0.0247. The first-order valence-electron chi connectivity index (χ1n) is 10.1. The maximum absolute atomic E-state index is 13.2. The fourth-order valence-electron chi connectivity index (χ4n) is 4.00. The molecule has 0 bridgehead atoms. The summed E-state index contributed by atoms with van der Waals surface area (Å²) in [6.07, 6.45) is 0. The Bertz CT molecular complexity index is 1220. The van der Waals surface area contributed by atoms with Gasteiger partial charge in [-0.05, 0) is 36.2 Å². The number of anilines is 1. The summed E-state index contributed by atoms with van der Waals surface area (Å²) < 4.78 is 10.8. The lowest BCUT2D eigenvalue weighted by atomic mass is 9.94. The van der Waals surface area contributed by atoms with Crippen LogP contribution < -0.4 is 14.4 Å². The molecule has 162 valence electrons. The number of benzene rings is 3. The molecule has 6 heteroatoms. The number of para-hydroxylation sites is 1. The standard InChI is InChI=1S/C26H23NO5/c1-16-9-7-8-12-19(16)27-23(18-13-14-20(31-2)21(15-18)32-3)22(25(29)26(27)30)24(28)17-10-5-4-6-11-17/h4-15,23,28H,1-3H3. The van der Waals surface area contributed by atoms with E-state index in [0.29, 0.717) is 28.3 Å². The number of Topliss-reactive ketones (excluding diaryl/α,β-unsaturated/α-hetero) is 1. The molecule has 0 radical (unpaired) electrons. The number of carbonyl (C=O) groups is 2. The third-order valence-electron chi connectivity index (χ3n) is 5.59. The van der Waals surface area contributed by atoms with Crippen molar-refractivity contribution in [3.63, 3.8) is 0 Å². The van der Waals surface area contributed by atoms with Crippen molar-refractivity contribution in [1.82, 2.24) is 0 Å². The first kappa shape index (κ1) is 21.2. The van der Waals surface area contributed by atoms with Gasteiger partial charge < -0.3 is 14.6 Å². The van der Waals surface area contributed by atoms with Crippen LogP contribution in [0.4, 0.5) is 5.69 Å². The molecule has 4 rings (SSSR count). The summed E-state index contributed by atoms with van der Waals surface area (Å²) >= 11 is 0. The highest BCUT2D eigenvalue weighted by Gasteiger charge is 2.47. The van der Waals surface area contributed by atoms with Crippen LogP contribution in [-0.2, 0) is 9.59 Å². The topological polar surface area (TPSA) is 76.1 Å². The molecule has 0 saturated carbocycles. The molecule has 1 aliphatic rings. The van der Waals surface area contributed by atoms with E-state index < -0.39 is 17.7 Å². The SMILES string of the molecule is COc1ccc(C2C(=C(O)c3ccccc3)C(=O)C(=O)N2c2ccccc2C)cc1OC. The number of hydrogen-bond donors (Lipinski definition) is 1. The zero-order valence-corrected chi connectivity index (χ0v) is 18.0. The van der Waals surface area contributed by atoms with Crippen LogP contribution in [0.5, 0.6) is 11.5 Å². The summed E-state index contributed by atoms with van der Waals surface area (Å²) in [7, 11) is 3.05. The number of aryl methyl sites for hydroxylation is 1. The first-order chi connectivity index (χ1) is 15.5. The van der Waals surface area contributed by atoms with Crippen LogP contribution in [0.2, 0.25) is 0 Å². The van der Waals surface area contributed by atoms with Gasteiger partial charge in [0.15, 0.2) is 11.5 Å². The van der Waals surface area contributed by atoms with E-state index >= 15 is 0 Å². The Kier molecular flexibility index (Phi) is 5.69. The monoisotopic (exact) mass is 429 g/mol. The average Bonchev–Trinajstić information content (AvgIpc) is 3.09. The van der Waals surface area contributed by atoms with E-state index in [9.17, 15) is 14.7 Å². The fourth-order valence-corrected chi connectivity index (χ4v) is 4.00. The quantitative estimate of drug-likeness (QED) is 0.363. The molecule has 6 nitrogen and oxygen atoms in total. The molecule has 1 saturated heterocycles. The molecule has 1 N–H and O–H groups in total. The van der Waals surface area contributed by atoms with Gasteiger partial charge in [0.05, 0.1) is 25.8 Å². The largest absolute Gasteiger partial charge is 0.507 e. The Hall–Kier alpha value is -4.06. The highest BCUT2D eigenvalue weighted by Crippen LogP contribution is 2.44. The summed E-state index contributed by atoms with van der Waals surface area (Å²) in [5, 5.41) is 11.1. The van der Waals surface area contributed by atoms with Gasteiger partial charge in [0.25, 0.3) is 11.7 Å². The second kappa shape index (κ2) is 8.59. The molecular formula is C26H23NO5. The van der Waals surface area contributed by atoms with Crippen molar-refractivity contribution in [2.24, 2.45) is 0 Å². The van der Waals surface area contributed by atoms with Crippen molar-refractivity contribution in [3.8, 4) is 11.5 Å². The van der Waals surface area contributed by atoms with Gasteiger partial charge in [0, 0.05) is 11.3 Å². The summed E-state index contributed by atoms with van der Waals surface area (Å²) in [5.74, 6) is -0.682. The molecule has 1 fully saturated rings. The third-order valence-corrected chi connectivity index (χ3v) is 5.59. The van der Waals surface area contributed by atoms with Crippen molar-refractivity contribution in [2.75, 3.05) is 19.1 Å². The van der Waals surface area contributed by atoms with Crippen LogP contribution in [0.15, 0.2) is 78.4 Å². The van der Waals surface area contributed by atoms with Gasteiger partial charge in [0.1, 0.15) is 5.76 Å². The zero-order valence-electron chi connectivity index (χ0n) is 18.0. The van der Waals surface area contributed by atoms with Crippen LogP contribution in [-0.4, -0.2) is 31.0 Å². The molecule has 1 aliphatic heterocycles. The number of amides is 1. The molecule has 1 atom stereocenters. The van der Waals surface area contributed by atoms with E-state index in [-0.39, 0.29) is 11.3 Å². The van der Waals surface area contributed by atoms with Crippen LogP contribution in [0.25, 0.3) is 5.76 Å². The average molecular weight is 429 g/mol. The molecular weight excluding hydrogens is 406 g/mol. The summed E-state index contributed by atoms with van der Waals surface area (Å²) in [6, 6.07) is 20.4. The van der Waals surface area contributed by atoms with Gasteiger partial charge in [-0.15, -0.1) is 0 Å². The van der Waals surface area contributed by atoms with Crippen LogP contribution >= 0.6 is 0 Å². The second-order valence-corrected chi connectivity index (χ2v) is 7.44. The Morgan fingerprint density at radius 1 is 0.875 bits per heavy atom.